The minimum atomic E-state index is -0.862. The molecule has 1 aliphatic rings. The van der Waals surface area contributed by atoms with Crippen LogP contribution in [0.3, 0.4) is 0 Å². The van der Waals surface area contributed by atoms with Gasteiger partial charge in [0.2, 0.25) is 5.91 Å². The average Bonchev–Trinajstić information content (AvgIpc) is 2.43. The molecule has 1 aliphatic carbocycles. The minimum Gasteiger partial charge on any atom is -0.481 e. The summed E-state index contributed by atoms with van der Waals surface area (Å²) in [7, 11) is 1.73. The lowest BCUT2D eigenvalue weighted by Crippen LogP contribution is -2.46. The lowest BCUT2D eigenvalue weighted by Gasteiger charge is -2.30. The van der Waals surface area contributed by atoms with E-state index in [0.717, 1.165) is 25.7 Å². The Morgan fingerprint density at radius 2 is 1.70 bits per heavy atom. The maximum atomic E-state index is 11.9. The van der Waals surface area contributed by atoms with E-state index in [9.17, 15) is 14.4 Å². The van der Waals surface area contributed by atoms with Gasteiger partial charge < -0.3 is 10.0 Å². The topological polar surface area (TPSA) is 86.7 Å². The number of hydrogen-bond acceptors (Lipinski definition) is 3. The zero-order chi connectivity index (χ0) is 15.0. The summed E-state index contributed by atoms with van der Waals surface area (Å²) >= 11 is 0. The number of aliphatic carboxylic acids is 1. The zero-order valence-corrected chi connectivity index (χ0v) is 12.1. The van der Waals surface area contributed by atoms with Gasteiger partial charge in [0.05, 0.1) is 0 Å². The first-order valence-electron chi connectivity index (χ1n) is 7.29. The molecular weight excluding hydrogens is 260 g/mol. The molecule has 3 amide bonds. The van der Waals surface area contributed by atoms with Crippen molar-refractivity contribution in [3.8, 4) is 0 Å². The molecule has 0 spiro atoms. The molecule has 0 bridgehead atoms. The highest BCUT2D eigenvalue weighted by molar-refractivity contribution is 5.94. The van der Waals surface area contributed by atoms with E-state index in [-0.39, 0.29) is 30.8 Å². The van der Waals surface area contributed by atoms with E-state index in [1.807, 2.05) is 0 Å². The fraction of sp³-hybridized carbons (Fsp3) is 0.786. The number of carbonyl (C=O) groups is 3. The summed E-state index contributed by atoms with van der Waals surface area (Å²) in [6.45, 7) is 0. The summed E-state index contributed by atoms with van der Waals surface area (Å²) in [5.41, 5.74) is 0. The number of hydrogen-bond donors (Lipinski definition) is 2. The predicted molar refractivity (Wildman–Crippen MR) is 74.3 cm³/mol. The van der Waals surface area contributed by atoms with Gasteiger partial charge in [-0.1, -0.05) is 19.3 Å². The number of carboxylic acid groups (broad SMARTS) is 1. The van der Waals surface area contributed by atoms with E-state index in [2.05, 4.69) is 5.32 Å². The van der Waals surface area contributed by atoms with E-state index in [0.29, 0.717) is 12.8 Å². The number of amides is 3. The summed E-state index contributed by atoms with van der Waals surface area (Å²) in [6.07, 6.45) is 6.66. The summed E-state index contributed by atoms with van der Waals surface area (Å²) in [5, 5.41) is 10.8. The van der Waals surface area contributed by atoms with Gasteiger partial charge >= 0.3 is 12.0 Å². The maximum Gasteiger partial charge on any atom is 0.324 e. The van der Waals surface area contributed by atoms with Crippen LogP contribution in [0.1, 0.15) is 57.8 Å². The molecule has 20 heavy (non-hydrogen) atoms. The third-order valence-corrected chi connectivity index (χ3v) is 3.73. The molecule has 0 aromatic rings. The minimum absolute atomic E-state index is 0.0587. The number of imide groups is 1. The molecule has 0 unspecified atom stereocenters. The highest BCUT2D eigenvalue weighted by atomic mass is 16.4. The van der Waals surface area contributed by atoms with Crippen LogP contribution < -0.4 is 5.32 Å². The van der Waals surface area contributed by atoms with Crippen molar-refractivity contribution in [1.82, 2.24) is 10.2 Å². The molecule has 1 rings (SSSR count). The predicted octanol–water partition coefficient (Wildman–Crippen LogP) is 2.13. The van der Waals surface area contributed by atoms with Crippen molar-refractivity contribution < 1.29 is 19.5 Å². The molecule has 1 saturated carbocycles. The second kappa shape index (κ2) is 8.55. The quantitative estimate of drug-likeness (QED) is 0.731. The monoisotopic (exact) mass is 284 g/mol. The Bertz CT molecular complexity index is 351. The van der Waals surface area contributed by atoms with Gasteiger partial charge in [0.15, 0.2) is 0 Å². The Hall–Kier alpha value is -1.59. The number of carbonyl (C=O) groups excluding carboxylic acids is 2. The van der Waals surface area contributed by atoms with Crippen LogP contribution in [0, 0.1) is 0 Å². The van der Waals surface area contributed by atoms with Gasteiger partial charge in [-0.15, -0.1) is 0 Å². The van der Waals surface area contributed by atoms with Crippen molar-refractivity contribution in [2.45, 2.75) is 63.8 Å². The Morgan fingerprint density at radius 1 is 1.10 bits per heavy atom. The first kappa shape index (κ1) is 16.5. The molecule has 0 aromatic heterocycles. The molecule has 0 heterocycles. The first-order chi connectivity index (χ1) is 9.50. The summed E-state index contributed by atoms with van der Waals surface area (Å²) in [4.78, 5) is 35.4. The van der Waals surface area contributed by atoms with E-state index in [4.69, 9.17) is 5.11 Å². The number of carboxylic acids is 1. The van der Waals surface area contributed by atoms with Crippen molar-refractivity contribution in [2.24, 2.45) is 0 Å². The molecule has 1 fully saturated rings. The standard InChI is InChI=1S/C14H24N2O4/c1-16(11-7-3-2-4-8-11)14(20)15-12(17)9-5-6-10-13(18)19/h11H,2-10H2,1H3,(H,18,19)(H,15,17,20). The number of nitrogens with zero attached hydrogens (tertiary/aromatic N) is 1. The third kappa shape index (κ3) is 6.04. The lowest BCUT2D eigenvalue weighted by molar-refractivity contribution is -0.137. The average molecular weight is 284 g/mol. The lowest BCUT2D eigenvalue weighted by atomic mass is 9.95. The molecule has 2 N–H and O–H groups in total. The molecule has 0 atom stereocenters. The van der Waals surface area contributed by atoms with Gasteiger partial charge in [0.1, 0.15) is 0 Å². The Kier molecular flexibility index (Phi) is 7.04. The van der Waals surface area contributed by atoms with E-state index in [1.165, 1.54) is 6.42 Å². The number of nitrogens with one attached hydrogen (secondary N) is 1. The molecule has 114 valence electrons. The van der Waals surface area contributed by atoms with Crippen LogP contribution in [0.2, 0.25) is 0 Å². The van der Waals surface area contributed by atoms with Crippen LogP contribution in [0.5, 0.6) is 0 Å². The second-order valence-corrected chi connectivity index (χ2v) is 5.36. The van der Waals surface area contributed by atoms with Gasteiger partial charge in [-0.3, -0.25) is 14.9 Å². The third-order valence-electron chi connectivity index (χ3n) is 3.73. The SMILES string of the molecule is CN(C(=O)NC(=O)CCCCC(=O)O)C1CCCCC1. The number of urea groups is 1. The molecule has 6 heteroatoms. The Labute approximate surface area is 119 Å². The van der Waals surface area contributed by atoms with Crippen LogP contribution >= 0.6 is 0 Å². The molecule has 0 radical (unpaired) electrons. The largest absolute Gasteiger partial charge is 0.481 e. The summed E-state index contributed by atoms with van der Waals surface area (Å²) in [6, 6.07) is -0.122. The second-order valence-electron chi connectivity index (χ2n) is 5.36. The van der Waals surface area contributed by atoms with Crippen molar-refractivity contribution in [3.63, 3.8) is 0 Å². The smallest absolute Gasteiger partial charge is 0.324 e. The van der Waals surface area contributed by atoms with Gasteiger partial charge in [0.25, 0.3) is 0 Å². The van der Waals surface area contributed by atoms with Crippen molar-refractivity contribution >= 4 is 17.9 Å². The van der Waals surface area contributed by atoms with Crippen molar-refractivity contribution in [1.29, 1.82) is 0 Å². The number of unbranched alkanes of at least 4 members (excludes halogenated alkanes) is 1. The van der Waals surface area contributed by atoms with E-state index >= 15 is 0 Å². The van der Waals surface area contributed by atoms with Crippen molar-refractivity contribution in [3.05, 3.63) is 0 Å². The summed E-state index contributed by atoms with van der Waals surface area (Å²) < 4.78 is 0. The van der Waals surface area contributed by atoms with Crippen LogP contribution in [-0.4, -0.2) is 41.0 Å². The molecule has 0 aromatic carbocycles. The van der Waals surface area contributed by atoms with E-state index in [1.54, 1.807) is 11.9 Å². The maximum absolute atomic E-state index is 11.9. The number of rotatable bonds is 6. The van der Waals surface area contributed by atoms with Crippen LogP contribution in [0.25, 0.3) is 0 Å². The molecule has 0 saturated heterocycles. The molecule has 0 aliphatic heterocycles. The van der Waals surface area contributed by atoms with Crippen LogP contribution in [0.15, 0.2) is 0 Å². The highest BCUT2D eigenvalue weighted by Gasteiger charge is 2.22. The normalized spacial score (nSPS) is 15.7. The van der Waals surface area contributed by atoms with Gasteiger partial charge in [-0.2, -0.15) is 0 Å². The Morgan fingerprint density at radius 3 is 2.30 bits per heavy atom. The van der Waals surface area contributed by atoms with Crippen LogP contribution in [-0.2, 0) is 9.59 Å². The molecular formula is C14H24N2O4. The van der Waals surface area contributed by atoms with Crippen molar-refractivity contribution in [2.75, 3.05) is 7.05 Å². The Balaban J connectivity index is 2.22. The van der Waals surface area contributed by atoms with Gasteiger partial charge in [-0.05, 0) is 25.7 Å². The van der Waals surface area contributed by atoms with E-state index < -0.39 is 5.97 Å². The van der Waals surface area contributed by atoms with Gasteiger partial charge in [-0.25, -0.2) is 4.79 Å². The van der Waals surface area contributed by atoms with Gasteiger partial charge in [0, 0.05) is 25.9 Å². The summed E-state index contributed by atoms with van der Waals surface area (Å²) in [5.74, 6) is -1.19. The highest BCUT2D eigenvalue weighted by Crippen LogP contribution is 2.21. The fourth-order valence-electron chi connectivity index (χ4n) is 2.47. The fourth-order valence-corrected chi connectivity index (χ4v) is 2.47. The zero-order valence-electron chi connectivity index (χ0n) is 12.1. The first-order valence-corrected chi connectivity index (χ1v) is 7.29. The van der Waals surface area contributed by atoms with Crippen LogP contribution in [0.4, 0.5) is 4.79 Å². The molecule has 6 nitrogen and oxygen atoms in total.